The van der Waals surface area contributed by atoms with Crippen molar-refractivity contribution in [2.24, 2.45) is 0 Å². The van der Waals surface area contributed by atoms with Crippen LogP contribution in [0, 0.1) is 0 Å². The molecule has 3 rings (SSSR count). The molecule has 0 aliphatic heterocycles. The van der Waals surface area contributed by atoms with E-state index >= 15 is 0 Å². The second-order valence-electron chi connectivity index (χ2n) is 3.81. The van der Waals surface area contributed by atoms with Gasteiger partial charge in [-0.1, -0.05) is 0 Å². The number of nitrogen functional groups attached to an aromatic ring is 1. The lowest BCUT2D eigenvalue weighted by Gasteiger charge is -2.03. The number of fused-ring (bicyclic) bond motifs is 1. The molecule has 0 aliphatic carbocycles. The molecule has 2 heterocycles. The van der Waals surface area contributed by atoms with Gasteiger partial charge >= 0.3 is 0 Å². The van der Waals surface area contributed by atoms with Gasteiger partial charge in [0.2, 0.25) is 0 Å². The van der Waals surface area contributed by atoms with Crippen LogP contribution in [0.1, 0.15) is 5.01 Å². The average Bonchev–Trinajstić information content (AvgIpc) is 2.81. The maximum atomic E-state index is 5.65. The van der Waals surface area contributed by atoms with Crippen molar-refractivity contribution in [3.8, 4) is 5.75 Å². The first-order chi connectivity index (χ1) is 8.81. The van der Waals surface area contributed by atoms with Gasteiger partial charge in [-0.2, -0.15) is 0 Å². The molecule has 4 nitrogen and oxygen atoms in total. The molecule has 1 aromatic carbocycles. The molecule has 0 atom stereocenters. The van der Waals surface area contributed by atoms with Crippen LogP contribution >= 0.6 is 11.3 Å². The van der Waals surface area contributed by atoms with Gasteiger partial charge in [-0.05, 0) is 30.3 Å². The number of nitrogens with zero attached hydrogens (tertiary/aromatic N) is 2. The Kier molecular flexibility index (Phi) is 2.82. The first-order valence-electron chi connectivity index (χ1n) is 5.49. The third-order valence-electron chi connectivity index (χ3n) is 2.48. The summed E-state index contributed by atoms with van der Waals surface area (Å²) in [6.07, 6.45) is 3.53. The van der Waals surface area contributed by atoms with Gasteiger partial charge in [0.25, 0.3) is 0 Å². The lowest BCUT2D eigenvalue weighted by Crippen LogP contribution is -1.94. The van der Waals surface area contributed by atoms with Crippen molar-refractivity contribution in [1.82, 2.24) is 9.97 Å². The highest BCUT2D eigenvalue weighted by molar-refractivity contribution is 7.18. The van der Waals surface area contributed by atoms with Gasteiger partial charge in [-0.15, -0.1) is 11.3 Å². The number of hydrogen-bond donors (Lipinski definition) is 1. The molecule has 0 fully saturated rings. The summed E-state index contributed by atoms with van der Waals surface area (Å²) in [5, 5.41) is 0.940. The van der Waals surface area contributed by atoms with Crippen LogP contribution in [0.25, 0.3) is 10.2 Å². The minimum absolute atomic E-state index is 0.462. The third-order valence-corrected chi connectivity index (χ3v) is 3.49. The minimum atomic E-state index is 0.462. The van der Waals surface area contributed by atoms with Crippen LogP contribution in [-0.4, -0.2) is 9.97 Å². The van der Waals surface area contributed by atoms with Crippen LogP contribution in [0.3, 0.4) is 0 Å². The number of hydrogen-bond acceptors (Lipinski definition) is 5. The van der Waals surface area contributed by atoms with Crippen molar-refractivity contribution in [1.29, 1.82) is 0 Å². The Labute approximate surface area is 108 Å². The monoisotopic (exact) mass is 257 g/mol. The van der Waals surface area contributed by atoms with E-state index in [9.17, 15) is 0 Å². The highest BCUT2D eigenvalue weighted by Gasteiger charge is 2.04. The zero-order valence-electron chi connectivity index (χ0n) is 9.54. The zero-order valence-corrected chi connectivity index (χ0v) is 10.4. The lowest BCUT2D eigenvalue weighted by molar-refractivity contribution is 0.306. The first-order valence-corrected chi connectivity index (χ1v) is 6.31. The Morgan fingerprint density at radius 2 is 2.00 bits per heavy atom. The van der Waals surface area contributed by atoms with Gasteiger partial charge < -0.3 is 10.5 Å². The summed E-state index contributed by atoms with van der Waals surface area (Å²) in [4.78, 5) is 8.50. The first kappa shape index (κ1) is 11.0. The van der Waals surface area contributed by atoms with E-state index in [2.05, 4.69) is 9.97 Å². The summed E-state index contributed by atoms with van der Waals surface area (Å²) in [7, 11) is 0. The van der Waals surface area contributed by atoms with Crippen molar-refractivity contribution in [3.63, 3.8) is 0 Å². The molecular weight excluding hydrogens is 246 g/mol. The second-order valence-corrected chi connectivity index (χ2v) is 4.92. The van der Waals surface area contributed by atoms with E-state index in [-0.39, 0.29) is 0 Å². The number of benzene rings is 1. The molecule has 0 aliphatic rings. The summed E-state index contributed by atoms with van der Waals surface area (Å²) in [6.45, 7) is 0.462. The fourth-order valence-electron chi connectivity index (χ4n) is 1.60. The van der Waals surface area contributed by atoms with E-state index in [0.717, 1.165) is 26.7 Å². The Balaban J connectivity index is 1.74. The molecule has 0 saturated heterocycles. The summed E-state index contributed by atoms with van der Waals surface area (Å²) in [6, 6.07) is 9.29. The van der Waals surface area contributed by atoms with E-state index < -0.39 is 0 Å². The van der Waals surface area contributed by atoms with Crippen LogP contribution < -0.4 is 10.5 Å². The Morgan fingerprint density at radius 1 is 1.17 bits per heavy atom. The van der Waals surface area contributed by atoms with Gasteiger partial charge in [-0.25, -0.2) is 4.98 Å². The maximum Gasteiger partial charge on any atom is 0.140 e. The van der Waals surface area contributed by atoms with E-state index in [4.69, 9.17) is 10.5 Å². The van der Waals surface area contributed by atoms with Crippen LogP contribution in [0.4, 0.5) is 5.69 Å². The number of rotatable bonds is 3. The fourth-order valence-corrected chi connectivity index (χ4v) is 2.45. The second kappa shape index (κ2) is 4.62. The summed E-state index contributed by atoms with van der Waals surface area (Å²) in [5.41, 5.74) is 7.26. The molecule has 0 saturated carbocycles. The van der Waals surface area contributed by atoms with E-state index in [1.54, 1.807) is 23.7 Å². The molecule has 90 valence electrons. The molecule has 0 amide bonds. The number of pyridine rings is 1. The number of ether oxygens (including phenoxy) is 1. The molecule has 2 aromatic heterocycles. The largest absolute Gasteiger partial charge is 0.486 e. The highest BCUT2D eigenvalue weighted by atomic mass is 32.1. The van der Waals surface area contributed by atoms with Gasteiger partial charge in [0.15, 0.2) is 0 Å². The zero-order chi connectivity index (χ0) is 12.4. The van der Waals surface area contributed by atoms with Crippen molar-refractivity contribution in [3.05, 3.63) is 47.7 Å². The van der Waals surface area contributed by atoms with Crippen LogP contribution in [-0.2, 0) is 6.61 Å². The highest BCUT2D eigenvalue weighted by Crippen LogP contribution is 2.22. The quantitative estimate of drug-likeness (QED) is 0.733. The predicted molar refractivity (Wildman–Crippen MR) is 72.6 cm³/mol. The molecule has 2 N–H and O–H groups in total. The summed E-state index contributed by atoms with van der Waals surface area (Å²) < 4.78 is 6.77. The van der Waals surface area contributed by atoms with E-state index in [0.29, 0.717) is 6.61 Å². The summed E-state index contributed by atoms with van der Waals surface area (Å²) in [5.74, 6) is 0.793. The fraction of sp³-hybridized carbons (Fsp3) is 0.0769. The molecule has 0 bridgehead atoms. The van der Waals surface area contributed by atoms with Crippen LogP contribution in [0.15, 0.2) is 42.7 Å². The number of aromatic nitrogens is 2. The van der Waals surface area contributed by atoms with Gasteiger partial charge in [0.1, 0.15) is 17.4 Å². The maximum absolute atomic E-state index is 5.65. The van der Waals surface area contributed by atoms with Gasteiger partial charge in [0.05, 0.1) is 16.4 Å². The number of thiazole rings is 1. The average molecular weight is 257 g/mol. The SMILES string of the molecule is Nc1ccc(OCc2nc3cnccc3s2)cc1. The third kappa shape index (κ3) is 2.26. The Hall–Kier alpha value is -2.14. The van der Waals surface area contributed by atoms with Gasteiger partial charge in [0, 0.05) is 11.9 Å². The van der Waals surface area contributed by atoms with Crippen molar-refractivity contribution in [2.45, 2.75) is 6.61 Å². The topological polar surface area (TPSA) is 61.0 Å². The van der Waals surface area contributed by atoms with Crippen LogP contribution in [0.2, 0.25) is 0 Å². The van der Waals surface area contributed by atoms with E-state index in [1.807, 2.05) is 30.3 Å². The van der Waals surface area contributed by atoms with Gasteiger partial charge in [-0.3, -0.25) is 4.98 Å². The standard InChI is InChI=1S/C13H11N3OS/c14-9-1-3-10(4-2-9)17-8-13-16-11-7-15-6-5-12(11)18-13/h1-7H,8,14H2. The molecule has 5 heteroatoms. The smallest absolute Gasteiger partial charge is 0.140 e. The Morgan fingerprint density at radius 3 is 2.78 bits per heavy atom. The lowest BCUT2D eigenvalue weighted by atomic mass is 10.3. The van der Waals surface area contributed by atoms with Crippen LogP contribution in [0.5, 0.6) is 5.75 Å². The normalized spacial score (nSPS) is 10.7. The molecule has 0 spiro atoms. The molecule has 18 heavy (non-hydrogen) atoms. The minimum Gasteiger partial charge on any atom is -0.486 e. The molecule has 0 unspecified atom stereocenters. The van der Waals surface area contributed by atoms with Crippen molar-refractivity contribution >= 4 is 27.2 Å². The predicted octanol–water partition coefficient (Wildman–Crippen LogP) is 2.85. The molecule has 0 radical (unpaired) electrons. The number of nitrogens with two attached hydrogens (primary N) is 1. The molecule has 3 aromatic rings. The van der Waals surface area contributed by atoms with E-state index in [1.165, 1.54) is 0 Å². The van der Waals surface area contributed by atoms with Crippen molar-refractivity contribution < 1.29 is 4.74 Å². The summed E-state index contributed by atoms with van der Waals surface area (Å²) >= 11 is 1.62. The Bertz CT molecular complexity index is 630. The number of anilines is 1. The molecular formula is C13H11N3OS. The van der Waals surface area contributed by atoms with Crippen molar-refractivity contribution in [2.75, 3.05) is 5.73 Å².